The Bertz CT molecular complexity index is 464. The van der Waals surface area contributed by atoms with Crippen molar-refractivity contribution in [2.75, 3.05) is 7.05 Å². The lowest BCUT2D eigenvalue weighted by Crippen LogP contribution is -2.05. The van der Waals surface area contributed by atoms with E-state index in [1.54, 1.807) is 6.26 Å². The van der Waals surface area contributed by atoms with E-state index < -0.39 is 0 Å². The smallest absolute Gasteiger partial charge is 0.151 e. The fourth-order valence-electron chi connectivity index (χ4n) is 1.44. The highest BCUT2D eigenvalue weighted by Gasteiger charge is 2.11. The Hall–Kier alpha value is -1.00. The van der Waals surface area contributed by atoms with E-state index in [2.05, 4.69) is 21.2 Å². The van der Waals surface area contributed by atoms with E-state index in [0.717, 1.165) is 10.9 Å². The predicted octanol–water partition coefficient (Wildman–Crippen LogP) is 2.62. The highest BCUT2D eigenvalue weighted by Crippen LogP contribution is 2.36. The van der Waals surface area contributed by atoms with Crippen LogP contribution in [0.1, 0.15) is 5.56 Å². The number of hydrogen-bond donors (Lipinski definition) is 2. The highest BCUT2D eigenvalue weighted by molar-refractivity contribution is 9.10. The molecule has 4 heteroatoms. The van der Waals surface area contributed by atoms with Gasteiger partial charge in [0.05, 0.1) is 6.26 Å². The molecule has 0 radical (unpaired) electrons. The minimum atomic E-state index is 0.238. The number of phenolic OH excluding ortho intramolecular Hbond substituents is 1. The lowest BCUT2D eigenvalue weighted by molar-refractivity contribution is 0.462. The van der Waals surface area contributed by atoms with Crippen LogP contribution in [0.2, 0.25) is 0 Å². The van der Waals surface area contributed by atoms with Crippen LogP contribution < -0.4 is 5.32 Å². The maximum absolute atomic E-state index is 9.80. The van der Waals surface area contributed by atoms with Gasteiger partial charge in [0, 0.05) is 17.5 Å². The number of furan rings is 1. The number of nitrogens with one attached hydrogen (secondary N) is 1. The zero-order valence-electron chi connectivity index (χ0n) is 7.67. The molecule has 1 heterocycles. The molecular weight excluding hydrogens is 246 g/mol. The Morgan fingerprint density at radius 3 is 3.07 bits per heavy atom. The van der Waals surface area contributed by atoms with Gasteiger partial charge in [-0.2, -0.15) is 0 Å². The Morgan fingerprint density at radius 2 is 2.36 bits per heavy atom. The largest absolute Gasteiger partial charge is 0.506 e. The molecule has 14 heavy (non-hydrogen) atoms. The van der Waals surface area contributed by atoms with Crippen molar-refractivity contribution in [3.05, 3.63) is 28.4 Å². The molecule has 74 valence electrons. The summed E-state index contributed by atoms with van der Waals surface area (Å²) in [6.07, 6.45) is 1.61. The summed E-state index contributed by atoms with van der Waals surface area (Å²) in [7, 11) is 1.84. The molecule has 0 atom stereocenters. The maximum Gasteiger partial charge on any atom is 0.151 e. The van der Waals surface area contributed by atoms with Crippen LogP contribution >= 0.6 is 15.9 Å². The molecule has 2 rings (SSSR count). The molecule has 0 aliphatic carbocycles. The Balaban J connectivity index is 2.67. The molecule has 0 spiro atoms. The Morgan fingerprint density at radius 1 is 1.57 bits per heavy atom. The molecule has 2 aromatic rings. The monoisotopic (exact) mass is 255 g/mol. The average molecular weight is 256 g/mol. The van der Waals surface area contributed by atoms with E-state index in [1.165, 1.54) is 0 Å². The third kappa shape index (κ3) is 1.40. The van der Waals surface area contributed by atoms with Gasteiger partial charge in [0.25, 0.3) is 0 Å². The zero-order chi connectivity index (χ0) is 10.1. The Kier molecular flexibility index (Phi) is 2.48. The van der Waals surface area contributed by atoms with Crippen molar-refractivity contribution in [1.82, 2.24) is 5.32 Å². The number of hydrogen-bond acceptors (Lipinski definition) is 3. The number of halogens is 1. The van der Waals surface area contributed by atoms with Gasteiger partial charge < -0.3 is 14.8 Å². The molecule has 0 saturated heterocycles. The van der Waals surface area contributed by atoms with E-state index in [9.17, 15) is 5.11 Å². The van der Waals surface area contributed by atoms with Crippen LogP contribution in [0.3, 0.4) is 0 Å². The molecule has 1 aromatic heterocycles. The highest BCUT2D eigenvalue weighted by atomic mass is 79.9. The van der Waals surface area contributed by atoms with Gasteiger partial charge in [-0.05, 0) is 35.1 Å². The van der Waals surface area contributed by atoms with Gasteiger partial charge in [-0.1, -0.05) is 0 Å². The lowest BCUT2D eigenvalue weighted by Gasteiger charge is -2.05. The van der Waals surface area contributed by atoms with Gasteiger partial charge in [-0.3, -0.25) is 0 Å². The summed E-state index contributed by atoms with van der Waals surface area (Å²) in [4.78, 5) is 0. The molecule has 0 aliphatic heterocycles. The standard InChI is InChI=1S/C10H10BrNO2/c1-12-5-7-4-6-2-3-14-10(6)8(11)9(7)13/h2-4,12-13H,5H2,1H3. The average Bonchev–Trinajstić information content (AvgIpc) is 2.62. The molecule has 0 unspecified atom stereocenters. The topological polar surface area (TPSA) is 45.4 Å². The summed E-state index contributed by atoms with van der Waals surface area (Å²) in [5, 5.41) is 13.8. The Labute approximate surface area is 89.8 Å². The lowest BCUT2D eigenvalue weighted by atomic mass is 10.1. The third-order valence-electron chi connectivity index (χ3n) is 2.10. The third-order valence-corrected chi connectivity index (χ3v) is 2.84. The first-order chi connectivity index (χ1) is 6.74. The first-order valence-electron chi connectivity index (χ1n) is 4.26. The first kappa shape index (κ1) is 9.55. The van der Waals surface area contributed by atoms with Crippen LogP contribution in [0.15, 0.2) is 27.3 Å². The minimum Gasteiger partial charge on any atom is -0.506 e. The fourth-order valence-corrected chi connectivity index (χ4v) is 2.02. The van der Waals surface area contributed by atoms with Gasteiger partial charge in [-0.25, -0.2) is 0 Å². The van der Waals surface area contributed by atoms with Crippen molar-refractivity contribution >= 4 is 26.9 Å². The van der Waals surface area contributed by atoms with E-state index in [1.807, 2.05) is 19.2 Å². The second kappa shape index (κ2) is 3.63. The van der Waals surface area contributed by atoms with Gasteiger partial charge in [0.15, 0.2) is 5.58 Å². The number of phenols is 1. The SMILES string of the molecule is CNCc1cc2ccoc2c(Br)c1O. The van der Waals surface area contributed by atoms with Crippen molar-refractivity contribution in [2.45, 2.75) is 6.54 Å². The molecule has 0 saturated carbocycles. The van der Waals surface area contributed by atoms with Crippen LogP contribution in [-0.2, 0) is 6.54 Å². The van der Waals surface area contributed by atoms with Crippen molar-refractivity contribution in [3.8, 4) is 5.75 Å². The summed E-state index contributed by atoms with van der Waals surface area (Å²) in [5.74, 6) is 0.238. The summed E-state index contributed by atoms with van der Waals surface area (Å²) < 4.78 is 5.85. The summed E-state index contributed by atoms with van der Waals surface area (Å²) in [6.45, 7) is 0.631. The van der Waals surface area contributed by atoms with E-state index in [4.69, 9.17) is 4.42 Å². The second-order valence-electron chi connectivity index (χ2n) is 3.07. The van der Waals surface area contributed by atoms with Crippen LogP contribution in [0.4, 0.5) is 0 Å². The van der Waals surface area contributed by atoms with Crippen molar-refractivity contribution in [3.63, 3.8) is 0 Å². The number of rotatable bonds is 2. The molecule has 0 bridgehead atoms. The number of fused-ring (bicyclic) bond motifs is 1. The quantitative estimate of drug-likeness (QED) is 0.868. The minimum absolute atomic E-state index is 0.238. The van der Waals surface area contributed by atoms with Gasteiger partial charge in [-0.15, -0.1) is 0 Å². The van der Waals surface area contributed by atoms with Crippen LogP contribution in [0.5, 0.6) is 5.75 Å². The second-order valence-corrected chi connectivity index (χ2v) is 3.86. The molecule has 3 nitrogen and oxygen atoms in total. The van der Waals surface area contributed by atoms with Gasteiger partial charge in [0.2, 0.25) is 0 Å². The predicted molar refractivity (Wildman–Crippen MR) is 58.3 cm³/mol. The first-order valence-corrected chi connectivity index (χ1v) is 5.05. The fraction of sp³-hybridized carbons (Fsp3) is 0.200. The van der Waals surface area contributed by atoms with Crippen molar-refractivity contribution in [2.24, 2.45) is 0 Å². The van der Waals surface area contributed by atoms with Gasteiger partial charge in [0.1, 0.15) is 10.2 Å². The van der Waals surface area contributed by atoms with Crippen molar-refractivity contribution < 1.29 is 9.52 Å². The normalized spacial score (nSPS) is 11.0. The maximum atomic E-state index is 9.80. The van der Waals surface area contributed by atoms with E-state index in [-0.39, 0.29) is 5.75 Å². The van der Waals surface area contributed by atoms with Crippen LogP contribution in [-0.4, -0.2) is 12.2 Å². The number of aromatic hydroxyl groups is 1. The number of benzene rings is 1. The molecule has 2 N–H and O–H groups in total. The van der Waals surface area contributed by atoms with Crippen LogP contribution in [0, 0.1) is 0 Å². The van der Waals surface area contributed by atoms with Crippen molar-refractivity contribution in [1.29, 1.82) is 0 Å². The summed E-state index contributed by atoms with van der Waals surface area (Å²) in [5.41, 5.74) is 1.54. The molecule has 0 fully saturated rings. The molecule has 0 amide bonds. The van der Waals surface area contributed by atoms with Crippen LogP contribution in [0.25, 0.3) is 11.0 Å². The molecular formula is C10H10BrNO2. The van der Waals surface area contributed by atoms with E-state index in [0.29, 0.717) is 16.6 Å². The zero-order valence-corrected chi connectivity index (χ0v) is 9.26. The van der Waals surface area contributed by atoms with E-state index >= 15 is 0 Å². The molecule has 0 aliphatic rings. The summed E-state index contributed by atoms with van der Waals surface area (Å²) in [6, 6.07) is 3.79. The molecule has 1 aromatic carbocycles. The van der Waals surface area contributed by atoms with Gasteiger partial charge >= 0.3 is 0 Å². The summed E-state index contributed by atoms with van der Waals surface area (Å²) >= 11 is 3.31.